The van der Waals surface area contributed by atoms with Crippen molar-refractivity contribution in [2.75, 3.05) is 6.61 Å². The zero-order chi connectivity index (χ0) is 29.2. The number of rotatable bonds is 9. The first kappa shape index (κ1) is 29.8. The fraction of sp³-hybridized carbons (Fsp3) is 0.167. The molecule has 0 unspecified atom stereocenters. The summed E-state index contributed by atoms with van der Waals surface area (Å²) in [6, 6.07) is 20.7. The molecule has 3 heterocycles. The van der Waals surface area contributed by atoms with Crippen molar-refractivity contribution < 1.29 is 57.2 Å². The van der Waals surface area contributed by atoms with Gasteiger partial charge in [-0.15, -0.1) is 0 Å². The molecular weight excluding hydrogens is 567 g/mol. The zero-order valence-electron chi connectivity index (χ0n) is 23.5. The predicted molar refractivity (Wildman–Crippen MR) is 148 cm³/mol. The quantitative estimate of drug-likeness (QED) is 0.177. The van der Waals surface area contributed by atoms with E-state index in [-0.39, 0.29) is 59.1 Å². The molecule has 0 fully saturated rings. The molecule has 12 nitrogen and oxygen atoms in total. The Labute approximate surface area is 265 Å². The topological polar surface area (TPSA) is 154 Å². The van der Waals surface area contributed by atoms with Crippen LogP contribution in [-0.4, -0.2) is 27.3 Å². The van der Waals surface area contributed by atoms with Crippen LogP contribution in [0.15, 0.2) is 89.7 Å². The number of para-hydroxylation sites is 1. The van der Waals surface area contributed by atoms with Crippen LogP contribution in [0.25, 0.3) is 33.5 Å². The Bertz CT molecular complexity index is 2020. The van der Waals surface area contributed by atoms with Gasteiger partial charge in [0.2, 0.25) is 0 Å². The maximum Gasteiger partial charge on any atom is 1.00 e. The Hall–Kier alpha value is -4.65. The molecule has 6 rings (SSSR count). The summed E-state index contributed by atoms with van der Waals surface area (Å²) < 4.78 is 27.5. The zero-order valence-corrected chi connectivity index (χ0v) is 25.5. The summed E-state index contributed by atoms with van der Waals surface area (Å²) in [7, 11) is 0. The van der Waals surface area contributed by atoms with Crippen molar-refractivity contribution >= 4 is 17.0 Å². The van der Waals surface area contributed by atoms with E-state index in [0.717, 1.165) is 16.7 Å². The molecule has 0 saturated carbocycles. The predicted octanol–water partition coefficient (Wildman–Crippen LogP) is 1.34. The van der Waals surface area contributed by atoms with Crippen molar-refractivity contribution in [1.82, 2.24) is 19.7 Å². The van der Waals surface area contributed by atoms with Crippen LogP contribution < -0.4 is 50.9 Å². The van der Waals surface area contributed by atoms with Gasteiger partial charge in [-0.25, -0.2) is 14.4 Å². The number of esters is 1. The smallest absolute Gasteiger partial charge is 0.465 e. The number of carbonyl (C=O) groups excluding carboxylic acids is 1. The van der Waals surface area contributed by atoms with Gasteiger partial charge in [0.25, 0.3) is 6.01 Å². The van der Waals surface area contributed by atoms with Gasteiger partial charge in [-0.3, -0.25) is 9.72 Å². The maximum absolute atomic E-state index is 13.2. The minimum atomic E-state index is -0.860. The van der Waals surface area contributed by atoms with Gasteiger partial charge in [0.05, 0.1) is 29.7 Å². The summed E-state index contributed by atoms with van der Waals surface area (Å²) >= 11 is 0. The first-order chi connectivity index (χ1) is 20.4. The van der Waals surface area contributed by atoms with Crippen LogP contribution in [0.3, 0.4) is 0 Å². The Balaban J connectivity index is 0.00000368. The molecule has 43 heavy (non-hydrogen) atoms. The summed E-state index contributed by atoms with van der Waals surface area (Å²) in [6.07, 6.45) is 0. The van der Waals surface area contributed by atoms with Crippen LogP contribution in [0, 0.1) is 6.92 Å². The number of ether oxygens (including phenoxy) is 2. The second-order valence-corrected chi connectivity index (χ2v) is 9.22. The largest absolute Gasteiger partial charge is 1.00 e. The number of carbonyl (C=O) groups is 1. The number of benzene rings is 3. The van der Waals surface area contributed by atoms with Gasteiger partial charge in [0.15, 0.2) is 18.1 Å². The number of fused-ring (bicyclic) bond motifs is 1. The third kappa shape index (κ3) is 6.12. The standard InChI is InChI=1S/C30H24N4O8.Na/c1-3-38-28-31-23-10-6-9-22(27(35)39-16-24-17(2)40-30(37)41-24)25(23)34(28)15-18-11-13-19(14-12-18)20-7-4-5-8-21(20)26-32-29(36)42-33-26;/h4-14H,3,15-16H2,1-2H3,(H,32,33,36);/q;+1/p-1. The fourth-order valence-electron chi connectivity index (χ4n) is 4.65. The number of imidazole rings is 1. The molecule has 0 bridgehead atoms. The van der Waals surface area contributed by atoms with E-state index in [9.17, 15) is 14.4 Å². The van der Waals surface area contributed by atoms with Gasteiger partial charge >= 0.3 is 47.1 Å². The fourth-order valence-corrected chi connectivity index (χ4v) is 4.65. The molecule has 0 N–H and O–H groups in total. The minimum absolute atomic E-state index is 0. The molecule has 3 aromatic carbocycles. The first-order valence-corrected chi connectivity index (χ1v) is 13.0. The minimum Gasteiger partial charge on any atom is -0.465 e. The molecule has 0 aliphatic heterocycles. The summed E-state index contributed by atoms with van der Waals surface area (Å²) in [5.74, 6) is -1.63. The van der Waals surface area contributed by atoms with Crippen LogP contribution in [0.4, 0.5) is 0 Å². The summed E-state index contributed by atoms with van der Waals surface area (Å²) in [5, 5.41) is 3.77. The maximum atomic E-state index is 13.2. The monoisotopic (exact) mass is 590 g/mol. The van der Waals surface area contributed by atoms with E-state index in [0.29, 0.717) is 35.8 Å². The number of nitrogens with zero attached hydrogens (tertiary/aromatic N) is 4. The number of hydrogen-bond donors (Lipinski definition) is 0. The summed E-state index contributed by atoms with van der Waals surface area (Å²) in [5.41, 5.74) is 4.68. The molecule has 13 heteroatoms. The third-order valence-corrected chi connectivity index (χ3v) is 6.58. The van der Waals surface area contributed by atoms with E-state index in [1.54, 1.807) is 25.1 Å². The van der Waals surface area contributed by atoms with Crippen LogP contribution >= 0.6 is 0 Å². The van der Waals surface area contributed by atoms with E-state index in [4.69, 9.17) is 18.3 Å². The first-order valence-electron chi connectivity index (χ1n) is 13.0. The van der Waals surface area contributed by atoms with Gasteiger partial charge < -0.3 is 27.8 Å². The second kappa shape index (κ2) is 12.7. The van der Waals surface area contributed by atoms with Crippen molar-refractivity contribution in [3.05, 3.63) is 111 Å². The molecule has 0 saturated heterocycles. The Morgan fingerprint density at radius 3 is 2.42 bits per heavy atom. The molecule has 0 amide bonds. The molecule has 212 valence electrons. The Morgan fingerprint density at radius 1 is 0.977 bits per heavy atom. The van der Waals surface area contributed by atoms with Gasteiger partial charge in [0.1, 0.15) is 0 Å². The molecule has 0 atom stereocenters. The number of aryl methyl sites for hydroxylation is 1. The van der Waals surface area contributed by atoms with E-state index in [2.05, 4.69) is 19.6 Å². The van der Waals surface area contributed by atoms with Crippen LogP contribution in [-0.2, 0) is 17.9 Å². The summed E-state index contributed by atoms with van der Waals surface area (Å²) in [4.78, 5) is 44.4. The van der Waals surface area contributed by atoms with Crippen molar-refractivity contribution in [1.29, 1.82) is 0 Å². The molecule has 0 aliphatic rings. The van der Waals surface area contributed by atoms with Crippen molar-refractivity contribution in [3.8, 4) is 28.5 Å². The normalized spacial score (nSPS) is 10.9. The van der Waals surface area contributed by atoms with Gasteiger partial charge in [-0.2, -0.15) is 4.98 Å². The van der Waals surface area contributed by atoms with Gasteiger partial charge in [0, 0.05) is 0 Å². The van der Waals surface area contributed by atoms with Crippen LogP contribution in [0.1, 0.15) is 34.4 Å². The molecule has 6 aromatic rings. The Kier molecular flexibility index (Phi) is 8.81. The number of hydrogen-bond acceptors (Lipinski definition) is 10. The summed E-state index contributed by atoms with van der Waals surface area (Å²) in [6.45, 7) is 3.86. The average Bonchev–Trinajstić information content (AvgIpc) is 3.68. The average molecular weight is 591 g/mol. The Morgan fingerprint density at radius 2 is 1.74 bits per heavy atom. The van der Waals surface area contributed by atoms with Crippen LogP contribution in [0.5, 0.6) is 6.01 Å². The van der Waals surface area contributed by atoms with E-state index in [1.807, 2.05) is 60.0 Å². The van der Waals surface area contributed by atoms with E-state index in [1.165, 1.54) is 0 Å². The van der Waals surface area contributed by atoms with E-state index < -0.39 is 17.5 Å². The van der Waals surface area contributed by atoms with Crippen molar-refractivity contribution in [2.24, 2.45) is 0 Å². The molecular formula is C30H23N4NaO8. The molecule has 3 aromatic heterocycles. The van der Waals surface area contributed by atoms with Crippen molar-refractivity contribution in [3.63, 3.8) is 0 Å². The van der Waals surface area contributed by atoms with E-state index >= 15 is 0 Å². The van der Waals surface area contributed by atoms with Crippen molar-refractivity contribution in [2.45, 2.75) is 27.0 Å². The molecule has 0 aliphatic carbocycles. The van der Waals surface area contributed by atoms with Gasteiger partial charge in [-0.1, -0.05) is 54.6 Å². The van der Waals surface area contributed by atoms with Gasteiger partial charge in [-0.05, 0) is 54.1 Å². The molecule has 0 radical (unpaired) electrons. The van der Waals surface area contributed by atoms with Crippen LogP contribution in [0.2, 0.25) is 0 Å². The third-order valence-electron chi connectivity index (χ3n) is 6.58. The SMILES string of the molecule is CCOc1nc2cccc(C(=O)OCc3oc(=O)oc3C)c2n1Cc1ccc(-c2ccccc2-c2noc(=O)[n-]2)cc1.[Na+]. The molecule has 0 spiro atoms. The number of aromatic nitrogens is 4. The second-order valence-electron chi connectivity index (χ2n) is 9.22.